The van der Waals surface area contributed by atoms with Crippen molar-refractivity contribution in [1.82, 2.24) is 10.4 Å². The molecular weight excluding hydrogens is 236 g/mol. The Bertz CT molecular complexity index is 415. The second-order valence-electron chi connectivity index (χ2n) is 3.79. The zero-order valence-electron chi connectivity index (χ0n) is 10.3. The van der Waals surface area contributed by atoms with Crippen LogP contribution in [0.25, 0.3) is 0 Å². The van der Waals surface area contributed by atoms with Gasteiger partial charge in [-0.3, -0.25) is 25.8 Å². The molecule has 1 aromatic rings. The molecule has 0 spiro atoms. The van der Waals surface area contributed by atoms with Crippen molar-refractivity contribution in [2.24, 2.45) is 5.92 Å². The summed E-state index contributed by atoms with van der Waals surface area (Å²) in [5.41, 5.74) is 5.06. The van der Waals surface area contributed by atoms with Gasteiger partial charge in [-0.15, -0.1) is 0 Å². The third-order valence-electron chi connectivity index (χ3n) is 2.63. The first-order chi connectivity index (χ1) is 8.58. The van der Waals surface area contributed by atoms with Gasteiger partial charge in [0.1, 0.15) is 12.0 Å². The molecular formula is C11H16N4O3. The summed E-state index contributed by atoms with van der Waals surface area (Å²) < 4.78 is 0. The third-order valence-corrected chi connectivity index (χ3v) is 2.63. The van der Waals surface area contributed by atoms with Crippen LogP contribution in [0.2, 0.25) is 0 Å². The number of rotatable bonds is 6. The molecule has 2 N–H and O–H groups in total. The molecule has 0 aromatic carbocycles. The number of nitrogens with one attached hydrogen (secondary N) is 2. The Labute approximate surface area is 105 Å². The topological polar surface area (TPSA) is 97.2 Å². The first-order valence-electron chi connectivity index (χ1n) is 5.74. The fourth-order valence-corrected chi connectivity index (χ4v) is 1.46. The molecule has 0 aliphatic heterocycles. The molecule has 18 heavy (non-hydrogen) atoms. The summed E-state index contributed by atoms with van der Waals surface area (Å²) >= 11 is 0. The monoisotopic (exact) mass is 252 g/mol. The van der Waals surface area contributed by atoms with Gasteiger partial charge < -0.3 is 0 Å². The normalized spacial score (nSPS) is 10.2. The van der Waals surface area contributed by atoms with E-state index in [0.717, 1.165) is 19.0 Å². The Morgan fingerprint density at radius 1 is 1.44 bits per heavy atom. The minimum atomic E-state index is -0.528. The first-order valence-corrected chi connectivity index (χ1v) is 5.74. The lowest BCUT2D eigenvalue weighted by Gasteiger charge is -2.13. The average molecular weight is 252 g/mol. The Morgan fingerprint density at radius 3 is 2.56 bits per heavy atom. The number of hydrogen-bond donors (Lipinski definition) is 2. The molecule has 0 atom stereocenters. The summed E-state index contributed by atoms with van der Waals surface area (Å²) in [6.45, 7) is 3.88. The summed E-state index contributed by atoms with van der Waals surface area (Å²) in [7, 11) is 0. The van der Waals surface area contributed by atoms with Gasteiger partial charge in [0.2, 0.25) is 5.91 Å². The minimum absolute atomic E-state index is 0.0458. The average Bonchev–Trinajstić information content (AvgIpc) is 2.38. The summed E-state index contributed by atoms with van der Waals surface area (Å²) in [6, 6.07) is 2.75. The van der Waals surface area contributed by atoms with Gasteiger partial charge in [-0.2, -0.15) is 0 Å². The minimum Gasteiger partial charge on any atom is -0.282 e. The SMILES string of the molecule is CCC(CC)C(=O)NNc1ccc([N+](=O)[O-])cn1. The van der Waals surface area contributed by atoms with Crippen molar-refractivity contribution in [2.75, 3.05) is 5.43 Å². The van der Waals surface area contributed by atoms with Crippen LogP contribution in [0.3, 0.4) is 0 Å². The van der Waals surface area contributed by atoms with Crippen molar-refractivity contribution in [1.29, 1.82) is 0 Å². The Morgan fingerprint density at radius 2 is 2.11 bits per heavy atom. The van der Waals surface area contributed by atoms with Crippen molar-refractivity contribution < 1.29 is 9.72 Å². The molecule has 0 aliphatic rings. The van der Waals surface area contributed by atoms with Crippen LogP contribution in [0.1, 0.15) is 26.7 Å². The summed E-state index contributed by atoms with van der Waals surface area (Å²) in [6.07, 6.45) is 2.65. The number of anilines is 1. The van der Waals surface area contributed by atoms with Crippen LogP contribution in [-0.4, -0.2) is 15.8 Å². The molecule has 1 heterocycles. The predicted octanol–water partition coefficient (Wildman–Crippen LogP) is 1.87. The van der Waals surface area contributed by atoms with Gasteiger partial charge in [0.05, 0.1) is 4.92 Å². The fourth-order valence-electron chi connectivity index (χ4n) is 1.46. The van der Waals surface area contributed by atoms with Gasteiger partial charge in [0.25, 0.3) is 5.69 Å². The number of carbonyl (C=O) groups is 1. The van der Waals surface area contributed by atoms with Crippen molar-refractivity contribution in [3.8, 4) is 0 Å². The van der Waals surface area contributed by atoms with E-state index in [1.165, 1.54) is 12.1 Å². The fraction of sp³-hybridized carbons (Fsp3) is 0.455. The quantitative estimate of drug-likeness (QED) is 0.595. The maximum Gasteiger partial charge on any atom is 0.287 e. The molecule has 0 unspecified atom stereocenters. The maximum absolute atomic E-state index is 11.6. The predicted molar refractivity (Wildman–Crippen MR) is 66.7 cm³/mol. The van der Waals surface area contributed by atoms with Gasteiger partial charge in [-0.05, 0) is 18.9 Å². The third kappa shape index (κ3) is 3.69. The second-order valence-corrected chi connectivity index (χ2v) is 3.79. The number of amides is 1. The standard InChI is InChI=1S/C11H16N4O3/c1-3-8(4-2)11(16)14-13-10-6-5-9(7-12-10)15(17)18/h5-8H,3-4H2,1-2H3,(H,12,13)(H,14,16). The van der Waals surface area contributed by atoms with E-state index >= 15 is 0 Å². The molecule has 98 valence electrons. The lowest BCUT2D eigenvalue weighted by Crippen LogP contribution is -2.34. The van der Waals surface area contributed by atoms with Crippen LogP contribution in [0.4, 0.5) is 11.5 Å². The van der Waals surface area contributed by atoms with Gasteiger partial charge >= 0.3 is 0 Å². The largest absolute Gasteiger partial charge is 0.287 e. The Balaban J connectivity index is 2.53. The smallest absolute Gasteiger partial charge is 0.282 e. The zero-order valence-corrected chi connectivity index (χ0v) is 10.3. The van der Waals surface area contributed by atoms with Crippen LogP contribution in [-0.2, 0) is 4.79 Å². The highest BCUT2D eigenvalue weighted by Crippen LogP contribution is 2.11. The van der Waals surface area contributed by atoms with E-state index < -0.39 is 4.92 Å². The molecule has 1 rings (SSSR count). The van der Waals surface area contributed by atoms with Gasteiger partial charge in [-0.1, -0.05) is 13.8 Å². The van der Waals surface area contributed by atoms with Crippen molar-refractivity contribution in [3.05, 3.63) is 28.4 Å². The molecule has 7 heteroatoms. The lowest BCUT2D eigenvalue weighted by atomic mass is 10.0. The van der Waals surface area contributed by atoms with Crippen LogP contribution in [0.15, 0.2) is 18.3 Å². The second kappa shape index (κ2) is 6.53. The van der Waals surface area contributed by atoms with Crippen LogP contribution in [0.5, 0.6) is 0 Å². The van der Waals surface area contributed by atoms with Crippen LogP contribution < -0.4 is 10.9 Å². The molecule has 1 aromatic heterocycles. The zero-order chi connectivity index (χ0) is 13.5. The highest BCUT2D eigenvalue weighted by atomic mass is 16.6. The highest BCUT2D eigenvalue weighted by Gasteiger charge is 2.13. The number of nitro groups is 1. The van der Waals surface area contributed by atoms with Gasteiger partial charge in [-0.25, -0.2) is 4.98 Å². The highest BCUT2D eigenvalue weighted by molar-refractivity contribution is 5.79. The van der Waals surface area contributed by atoms with Crippen LogP contribution >= 0.6 is 0 Å². The summed E-state index contributed by atoms with van der Waals surface area (Å²) in [5.74, 6) is 0.204. The molecule has 0 saturated carbocycles. The molecule has 0 fully saturated rings. The van der Waals surface area contributed by atoms with E-state index in [0.29, 0.717) is 5.82 Å². The number of aromatic nitrogens is 1. The van der Waals surface area contributed by atoms with Crippen molar-refractivity contribution in [3.63, 3.8) is 0 Å². The van der Waals surface area contributed by atoms with E-state index in [9.17, 15) is 14.9 Å². The molecule has 0 saturated heterocycles. The van der Waals surface area contributed by atoms with E-state index in [4.69, 9.17) is 0 Å². The number of hydrazine groups is 1. The Kier molecular flexibility index (Phi) is 5.04. The van der Waals surface area contributed by atoms with Crippen molar-refractivity contribution >= 4 is 17.4 Å². The number of pyridine rings is 1. The lowest BCUT2D eigenvalue weighted by molar-refractivity contribution is -0.385. The maximum atomic E-state index is 11.6. The van der Waals surface area contributed by atoms with Crippen molar-refractivity contribution in [2.45, 2.75) is 26.7 Å². The van der Waals surface area contributed by atoms with E-state index in [1.807, 2.05) is 13.8 Å². The number of carbonyl (C=O) groups excluding carboxylic acids is 1. The van der Waals surface area contributed by atoms with E-state index in [2.05, 4.69) is 15.8 Å². The summed E-state index contributed by atoms with van der Waals surface area (Å²) in [4.78, 5) is 25.4. The number of nitrogens with zero attached hydrogens (tertiary/aromatic N) is 2. The summed E-state index contributed by atoms with van der Waals surface area (Å²) in [5, 5.41) is 10.4. The van der Waals surface area contributed by atoms with E-state index in [-0.39, 0.29) is 17.5 Å². The van der Waals surface area contributed by atoms with Gasteiger partial charge in [0, 0.05) is 12.0 Å². The van der Waals surface area contributed by atoms with Gasteiger partial charge in [0.15, 0.2) is 0 Å². The molecule has 0 aliphatic carbocycles. The number of hydrogen-bond acceptors (Lipinski definition) is 5. The molecule has 0 bridgehead atoms. The van der Waals surface area contributed by atoms with E-state index in [1.54, 1.807) is 0 Å². The molecule has 0 radical (unpaired) electrons. The first kappa shape index (κ1) is 13.9. The molecule has 7 nitrogen and oxygen atoms in total. The van der Waals surface area contributed by atoms with Crippen LogP contribution in [0, 0.1) is 16.0 Å². The Hall–Kier alpha value is -2.18. The molecule has 1 amide bonds.